The summed E-state index contributed by atoms with van der Waals surface area (Å²) in [4.78, 5) is 12.7. The highest BCUT2D eigenvalue weighted by molar-refractivity contribution is 7.89. The van der Waals surface area contributed by atoms with E-state index in [0.717, 1.165) is 37.0 Å². The monoisotopic (exact) mass is 402 g/mol. The average Bonchev–Trinajstić information content (AvgIpc) is 3.02. The summed E-state index contributed by atoms with van der Waals surface area (Å²) in [6.07, 6.45) is 3.86. The number of hydrogen-bond acceptors (Lipinski definition) is 4. The molecule has 0 bridgehead atoms. The number of hydrogen-bond donors (Lipinski definition) is 1. The lowest BCUT2D eigenvalue weighted by molar-refractivity contribution is 0.0950. The normalized spacial score (nSPS) is 15.6. The van der Waals surface area contributed by atoms with Crippen LogP contribution in [0.3, 0.4) is 0 Å². The Labute approximate surface area is 166 Å². The number of amides is 1. The lowest BCUT2D eigenvalue weighted by Gasteiger charge is -2.20. The van der Waals surface area contributed by atoms with Gasteiger partial charge in [-0.05, 0) is 48.7 Å². The van der Waals surface area contributed by atoms with Gasteiger partial charge in [-0.3, -0.25) is 4.79 Å². The molecule has 0 spiro atoms. The largest absolute Gasteiger partial charge is 0.497 e. The molecule has 0 atom stereocenters. The van der Waals surface area contributed by atoms with Gasteiger partial charge in [-0.1, -0.05) is 31.0 Å². The third-order valence-corrected chi connectivity index (χ3v) is 6.81. The Balaban J connectivity index is 1.69. The number of methoxy groups -OCH3 is 1. The van der Waals surface area contributed by atoms with E-state index in [4.69, 9.17) is 4.74 Å². The third-order valence-electron chi connectivity index (χ3n) is 4.91. The third kappa shape index (κ3) is 4.91. The van der Waals surface area contributed by atoms with Gasteiger partial charge in [0.1, 0.15) is 5.75 Å². The van der Waals surface area contributed by atoms with Crippen molar-refractivity contribution in [3.63, 3.8) is 0 Å². The topological polar surface area (TPSA) is 75.7 Å². The molecule has 7 heteroatoms. The van der Waals surface area contributed by atoms with Crippen molar-refractivity contribution in [2.45, 2.75) is 37.1 Å². The quantitative estimate of drug-likeness (QED) is 0.805. The fraction of sp³-hybridized carbons (Fsp3) is 0.381. The highest BCUT2D eigenvalue weighted by Crippen LogP contribution is 2.21. The van der Waals surface area contributed by atoms with Crippen LogP contribution in [0.1, 0.15) is 41.6 Å². The highest BCUT2D eigenvalue weighted by Gasteiger charge is 2.25. The maximum absolute atomic E-state index is 12.9. The molecule has 3 rings (SSSR count). The Morgan fingerprint density at radius 1 is 1.04 bits per heavy atom. The van der Waals surface area contributed by atoms with Crippen molar-refractivity contribution in [2.75, 3.05) is 20.2 Å². The second-order valence-corrected chi connectivity index (χ2v) is 8.81. The predicted octanol–water partition coefficient (Wildman–Crippen LogP) is 3.19. The van der Waals surface area contributed by atoms with Gasteiger partial charge in [0, 0.05) is 25.2 Å². The molecule has 6 nitrogen and oxygen atoms in total. The summed E-state index contributed by atoms with van der Waals surface area (Å²) in [5, 5.41) is 2.83. The summed E-state index contributed by atoms with van der Waals surface area (Å²) in [5.41, 5.74) is 1.27. The molecule has 1 heterocycles. The van der Waals surface area contributed by atoms with E-state index in [1.807, 2.05) is 24.3 Å². The van der Waals surface area contributed by atoms with Crippen LogP contribution < -0.4 is 10.1 Å². The first-order valence-corrected chi connectivity index (χ1v) is 11.0. The molecular weight excluding hydrogens is 376 g/mol. The summed E-state index contributed by atoms with van der Waals surface area (Å²) in [5.74, 6) is 0.449. The number of rotatable bonds is 6. The number of ether oxygens (including phenoxy) is 1. The molecule has 2 aromatic rings. The molecule has 0 radical (unpaired) electrons. The molecule has 28 heavy (non-hydrogen) atoms. The first-order chi connectivity index (χ1) is 13.5. The van der Waals surface area contributed by atoms with Gasteiger partial charge in [0.05, 0.1) is 12.0 Å². The summed E-state index contributed by atoms with van der Waals surface area (Å²) in [7, 11) is -1.98. The maximum atomic E-state index is 12.9. The molecule has 0 unspecified atom stereocenters. The Hall–Kier alpha value is -2.38. The zero-order chi connectivity index (χ0) is 20.0. The summed E-state index contributed by atoms with van der Waals surface area (Å²) >= 11 is 0. The van der Waals surface area contributed by atoms with Crippen molar-refractivity contribution in [3.8, 4) is 5.75 Å². The molecule has 2 aromatic carbocycles. The first kappa shape index (κ1) is 20.4. The Kier molecular flexibility index (Phi) is 6.70. The molecule has 0 aliphatic carbocycles. The van der Waals surface area contributed by atoms with Crippen LogP contribution in [0.15, 0.2) is 53.4 Å². The van der Waals surface area contributed by atoms with E-state index >= 15 is 0 Å². The van der Waals surface area contributed by atoms with Gasteiger partial charge in [-0.25, -0.2) is 8.42 Å². The second kappa shape index (κ2) is 9.21. The van der Waals surface area contributed by atoms with Crippen molar-refractivity contribution >= 4 is 15.9 Å². The van der Waals surface area contributed by atoms with Crippen LogP contribution in [0.25, 0.3) is 0 Å². The Morgan fingerprint density at radius 2 is 1.71 bits per heavy atom. The SMILES string of the molecule is COc1ccc(CNC(=O)c2cccc(S(=O)(=O)N3CCCCCC3)c2)cc1. The van der Waals surface area contributed by atoms with Crippen LogP contribution in [0, 0.1) is 0 Å². The summed E-state index contributed by atoms with van der Waals surface area (Å²) < 4.78 is 32.5. The number of carbonyl (C=O) groups is 1. The summed E-state index contributed by atoms with van der Waals surface area (Å²) in [6.45, 7) is 1.43. The fourth-order valence-corrected chi connectivity index (χ4v) is 4.82. The number of nitrogens with zero attached hydrogens (tertiary/aromatic N) is 1. The molecule has 0 aromatic heterocycles. The van der Waals surface area contributed by atoms with Gasteiger partial charge >= 0.3 is 0 Å². The van der Waals surface area contributed by atoms with Crippen LogP contribution in [0.2, 0.25) is 0 Å². The van der Waals surface area contributed by atoms with Crippen LogP contribution in [0.5, 0.6) is 5.75 Å². The second-order valence-electron chi connectivity index (χ2n) is 6.88. The van der Waals surface area contributed by atoms with Gasteiger partial charge in [0.25, 0.3) is 5.91 Å². The lowest BCUT2D eigenvalue weighted by Crippen LogP contribution is -2.32. The van der Waals surface area contributed by atoms with Gasteiger partial charge < -0.3 is 10.1 Å². The van der Waals surface area contributed by atoms with Crippen molar-refractivity contribution in [3.05, 3.63) is 59.7 Å². The van der Waals surface area contributed by atoms with E-state index in [2.05, 4.69) is 5.32 Å². The zero-order valence-corrected chi connectivity index (χ0v) is 16.9. The molecule has 150 valence electrons. The zero-order valence-electron chi connectivity index (χ0n) is 16.1. The Bertz CT molecular complexity index is 902. The van der Waals surface area contributed by atoms with Crippen LogP contribution in [-0.4, -0.2) is 38.8 Å². The van der Waals surface area contributed by atoms with Crippen molar-refractivity contribution in [1.82, 2.24) is 9.62 Å². The smallest absolute Gasteiger partial charge is 0.251 e. The van der Waals surface area contributed by atoms with Crippen molar-refractivity contribution < 1.29 is 17.9 Å². The molecule has 0 saturated carbocycles. The van der Waals surface area contributed by atoms with E-state index in [9.17, 15) is 13.2 Å². The molecule has 1 amide bonds. The predicted molar refractivity (Wildman–Crippen MR) is 108 cm³/mol. The van der Waals surface area contributed by atoms with E-state index in [1.54, 1.807) is 25.3 Å². The standard InChI is InChI=1S/C21H26N2O4S/c1-27-19-11-9-17(10-12-19)16-22-21(24)18-7-6-8-20(15-18)28(25,26)23-13-4-2-3-5-14-23/h6-12,15H,2-5,13-14,16H2,1H3,(H,22,24). The molecule has 1 aliphatic rings. The van der Waals surface area contributed by atoms with Gasteiger partial charge in [-0.15, -0.1) is 0 Å². The minimum atomic E-state index is -3.58. The van der Waals surface area contributed by atoms with E-state index in [0.29, 0.717) is 25.2 Å². The van der Waals surface area contributed by atoms with E-state index in [1.165, 1.54) is 10.4 Å². The Morgan fingerprint density at radius 3 is 2.36 bits per heavy atom. The number of sulfonamides is 1. The van der Waals surface area contributed by atoms with Gasteiger partial charge in [0.2, 0.25) is 10.0 Å². The minimum absolute atomic E-state index is 0.173. The molecule has 1 saturated heterocycles. The number of benzene rings is 2. The van der Waals surface area contributed by atoms with E-state index in [-0.39, 0.29) is 10.8 Å². The lowest BCUT2D eigenvalue weighted by atomic mass is 10.2. The number of carbonyl (C=O) groups excluding carboxylic acids is 1. The molecule has 1 aliphatic heterocycles. The highest BCUT2D eigenvalue weighted by atomic mass is 32.2. The van der Waals surface area contributed by atoms with Gasteiger partial charge in [0.15, 0.2) is 0 Å². The first-order valence-electron chi connectivity index (χ1n) is 9.52. The van der Waals surface area contributed by atoms with Crippen LogP contribution in [-0.2, 0) is 16.6 Å². The average molecular weight is 403 g/mol. The molecule has 1 N–H and O–H groups in total. The van der Waals surface area contributed by atoms with Gasteiger partial charge in [-0.2, -0.15) is 4.31 Å². The minimum Gasteiger partial charge on any atom is -0.497 e. The molecular formula is C21H26N2O4S. The summed E-state index contributed by atoms with van der Waals surface area (Å²) in [6, 6.07) is 13.7. The number of nitrogens with one attached hydrogen (secondary N) is 1. The van der Waals surface area contributed by atoms with E-state index < -0.39 is 10.0 Å². The van der Waals surface area contributed by atoms with Crippen molar-refractivity contribution in [2.24, 2.45) is 0 Å². The van der Waals surface area contributed by atoms with Crippen LogP contribution in [0.4, 0.5) is 0 Å². The van der Waals surface area contributed by atoms with Crippen LogP contribution >= 0.6 is 0 Å². The molecule has 1 fully saturated rings. The van der Waals surface area contributed by atoms with Crippen molar-refractivity contribution in [1.29, 1.82) is 0 Å². The maximum Gasteiger partial charge on any atom is 0.251 e. The fourth-order valence-electron chi connectivity index (χ4n) is 3.26.